The first-order chi connectivity index (χ1) is 9.31. The molecule has 0 amide bonds. The molecule has 3 rings (SSSR count). The lowest BCUT2D eigenvalue weighted by Gasteiger charge is -2.21. The van der Waals surface area contributed by atoms with Gasteiger partial charge in [-0.15, -0.1) is 0 Å². The lowest BCUT2D eigenvalue weighted by Crippen LogP contribution is -2.17. The van der Waals surface area contributed by atoms with Gasteiger partial charge in [-0.3, -0.25) is 0 Å². The van der Waals surface area contributed by atoms with E-state index in [1.807, 2.05) is 6.07 Å². The molecule has 0 saturated carbocycles. The normalized spacial score (nSPS) is 18.3. The third-order valence-electron chi connectivity index (χ3n) is 3.99. The van der Waals surface area contributed by atoms with Crippen molar-refractivity contribution in [1.82, 2.24) is 9.55 Å². The maximum absolute atomic E-state index is 5.79. The first-order valence-corrected chi connectivity index (χ1v) is 7.16. The number of imidazole rings is 1. The molecule has 0 saturated heterocycles. The highest BCUT2D eigenvalue weighted by Gasteiger charge is 2.24. The van der Waals surface area contributed by atoms with Crippen LogP contribution < -0.4 is 5.73 Å². The predicted molar refractivity (Wildman–Crippen MR) is 78.1 cm³/mol. The molecule has 3 heteroatoms. The number of aromatic nitrogens is 2. The van der Waals surface area contributed by atoms with Crippen molar-refractivity contribution in [3.63, 3.8) is 0 Å². The average molecular weight is 255 g/mol. The minimum absolute atomic E-state index is 0.558. The summed E-state index contributed by atoms with van der Waals surface area (Å²) in [6.07, 6.45) is 3.40. The minimum Gasteiger partial charge on any atom is -0.331 e. The zero-order valence-corrected chi connectivity index (χ0v) is 11.5. The van der Waals surface area contributed by atoms with Gasteiger partial charge in [0.05, 0.1) is 5.69 Å². The summed E-state index contributed by atoms with van der Waals surface area (Å²) in [5.74, 6) is 1.80. The van der Waals surface area contributed by atoms with E-state index in [1.165, 1.54) is 29.9 Å². The molecule has 0 bridgehead atoms. The average Bonchev–Trinajstić information content (AvgIpc) is 2.81. The van der Waals surface area contributed by atoms with Gasteiger partial charge in [-0.1, -0.05) is 37.3 Å². The molecule has 100 valence electrons. The molecule has 1 aliphatic heterocycles. The largest absolute Gasteiger partial charge is 0.331 e. The van der Waals surface area contributed by atoms with E-state index in [9.17, 15) is 0 Å². The smallest absolute Gasteiger partial charge is 0.112 e. The van der Waals surface area contributed by atoms with Crippen LogP contribution in [0.5, 0.6) is 0 Å². The summed E-state index contributed by atoms with van der Waals surface area (Å²) in [7, 11) is 0. The number of benzene rings is 1. The summed E-state index contributed by atoms with van der Waals surface area (Å²) >= 11 is 0. The van der Waals surface area contributed by atoms with Crippen molar-refractivity contribution in [2.75, 3.05) is 6.54 Å². The topological polar surface area (TPSA) is 43.8 Å². The van der Waals surface area contributed by atoms with Gasteiger partial charge < -0.3 is 10.3 Å². The molecule has 1 unspecified atom stereocenters. The van der Waals surface area contributed by atoms with Crippen molar-refractivity contribution in [3.8, 4) is 11.3 Å². The van der Waals surface area contributed by atoms with Crippen LogP contribution in [0.1, 0.15) is 37.2 Å². The SMILES string of the molecule is CC1CCCn2c1nc(-c1ccccc1)c2CCN. The van der Waals surface area contributed by atoms with Crippen LogP contribution >= 0.6 is 0 Å². The predicted octanol–water partition coefficient (Wildman–Crippen LogP) is 2.95. The zero-order chi connectivity index (χ0) is 13.2. The number of fused-ring (bicyclic) bond motifs is 1. The zero-order valence-electron chi connectivity index (χ0n) is 11.5. The molecule has 1 aromatic carbocycles. The molecular weight excluding hydrogens is 234 g/mol. The fraction of sp³-hybridized carbons (Fsp3) is 0.438. The molecule has 2 aromatic rings. The molecule has 1 aromatic heterocycles. The van der Waals surface area contributed by atoms with Gasteiger partial charge in [0.1, 0.15) is 5.82 Å². The Morgan fingerprint density at radius 2 is 2.11 bits per heavy atom. The molecule has 2 heterocycles. The van der Waals surface area contributed by atoms with Gasteiger partial charge in [-0.25, -0.2) is 4.98 Å². The van der Waals surface area contributed by atoms with E-state index in [-0.39, 0.29) is 0 Å². The number of hydrogen-bond donors (Lipinski definition) is 1. The van der Waals surface area contributed by atoms with E-state index in [4.69, 9.17) is 10.7 Å². The van der Waals surface area contributed by atoms with Crippen LogP contribution in [0.3, 0.4) is 0 Å². The van der Waals surface area contributed by atoms with Crippen LogP contribution in [0.15, 0.2) is 30.3 Å². The van der Waals surface area contributed by atoms with E-state index >= 15 is 0 Å². The Morgan fingerprint density at radius 1 is 1.32 bits per heavy atom. The molecule has 0 spiro atoms. The Balaban J connectivity index is 2.13. The monoisotopic (exact) mass is 255 g/mol. The van der Waals surface area contributed by atoms with E-state index in [0.717, 1.165) is 18.7 Å². The Hall–Kier alpha value is -1.61. The van der Waals surface area contributed by atoms with Gasteiger partial charge in [0.15, 0.2) is 0 Å². The fourth-order valence-corrected chi connectivity index (χ4v) is 3.03. The van der Waals surface area contributed by atoms with Crippen LogP contribution in [0.25, 0.3) is 11.3 Å². The maximum atomic E-state index is 5.79. The van der Waals surface area contributed by atoms with Gasteiger partial charge in [0, 0.05) is 30.1 Å². The molecule has 19 heavy (non-hydrogen) atoms. The third-order valence-corrected chi connectivity index (χ3v) is 3.99. The number of rotatable bonds is 3. The Morgan fingerprint density at radius 3 is 2.84 bits per heavy atom. The number of nitrogens with zero attached hydrogens (tertiary/aromatic N) is 2. The summed E-state index contributed by atoms with van der Waals surface area (Å²) in [6.45, 7) is 4.05. The van der Waals surface area contributed by atoms with Crippen LogP contribution in [-0.4, -0.2) is 16.1 Å². The van der Waals surface area contributed by atoms with E-state index in [2.05, 4.69) is 35.8 Å². The summed E-state index contributed by atoms with van der Waals surface area (Å²) in [5, 5.41) is 0. The molecule has 3 nitrogen and oxygen atoms in total. The third kappa shape index (κ3) is 2.19. The van der Waals surface area contributed by atoms with Crippen LogP contribution in [0, 0.1) is 0 Å². The minimum atomic E-state index is 0.558. The fourth-order valence-electron chi connectivity index (χ4n) is 3.03. The van der Waals surface area contributed by atoms with Gasteiger partial charge in [0.25, 0.3) is 0 Å². The first kappa shape index (κ1) is 12.4. The molecule has 1 aliphatic rings. The highest BCUT2D eigenvalue weighted by molar-refractivity contribution is 5.62. The van der Waals surface area contributed by atoms with E-state index in [1.54, 1.807) is 0 Å². The second-order valence-corrected chi connectivity index (χ2v) is 5.36. The summed E-state index contributed by atoms with van der Waals surface area (Å²) in [5.41, 5.74) is 9.45. The Bertz CT molecular complexity index is 557. The Kier molecular flexibility index (Phi) is 3.38. The molecule has 2 N–H and O–H groups in total. The number of hydrogen-bond acceptors (Lipinski definition) is 2. The van der Waals surface area contributed by atoms with Crippen molar-refractivity contribution in [3.05, 3.63) is 41.9 Å². The van der Waals surface area contributed by atoms with Crippen molar-refractivity contribution in [1.29, 1.82) is 0 Å². The van der Waals surface area contributed by atoms with Crippen molar-refractivity contribution < 1.29 is 0 Å². The number of nitrogens with two attached hydrogens (primary N) is 1. The van der Waals surface area contributed by atoms with E-state index in [0.29, 0.717) is 12.5 Å². The Labute approximate surface area is 114 Å². The molecule has 1 atom stereocenters. The second-order valence-electron chi connectivity index (χ2n) is 5.36. The summed E-state index contributed by atoms with van der Waals surface area (Å²) < 4.78 is 2.41. The van der Waals surface area contributed by atoms with Crippen LogP contribution in [-0.2, 0) is 13.0 Å². The first-order valence-electron chi connectivity index (χ1n) is 7.16. The van der Waals surface area contributed by atoms with Crippen molar-refractivity contribution in [2.24, 2.45) is 5.73 Å². The molecule has 0 fully saturated rings. The molecule has 0 radical (unpaired) electrons. The van der Waals surface area contributed by atoms with Crippen LogP contribution in [0.4, 0.5) is 0 Å². The summed E-state index contributed by atoms with van der Waals surface area (Å²) in [4.78, 5) is 4.93. The lowest BCUT2D eigenvalue weighted by molar-refractivity contribution is 0.454. The standard InChI is InChI=1S/C16H21N3/c1-12-6-5-11-19-14(9-10-17)15(18-16(12)19)13-7-3-2-4-8-13/h2-4,7-8,12H,5-6,9-11,17H2,1H3. The van der Waals surface area contributed by atoms with Gasteiger partial charge in [-0.05, 0) is 19.4 Å². The lowest BCUT2D eigenvalue weighted by atomic mass is 10.0. The highest BCUT2D eigenvalue weighted by Crippen LogP contribution is 2.32. The maximum Gasteiger partial charge on any atom is 0.112 e. The van der Waals surface area contributed by atoms with Crippen molar-refractivity contribution in [2.45, 2.75) is 38.6 Å². The van der Waals surface area contributed by atoms with Crippen LogP contribution in [0.2, 0.25) is 0 Å². The van der Waals surface area contributed by atoms with Gasteiger partial charge >= 0.3 is 0 Å². The quantitative estimate of drug-likeness (QED) is 0.916. The van der Waals surface area contributed by atoms with E-state index < -0.39 is 0 Å². The second kappa shape index (κ2) is 5.17. The van der Waals surface area contributed by atoms with Gasteiger partial charge in [0.2, 0.25) is 0 Å². The molecular formula is C16H21N3. The molecule has 0 aliphatic carbocycles. The summed E-state index contributed by atoms with van der Waals surface area (Å²) in [6, 6.07) is 10.5. The van der Waals surface area contributed by atoms with Gasteiger partial charge in [-0.2, -0.15) is 0 Å². The van der Waals surface area contributed by atoms with Crippen molar-refractivity contribution >= 4 is 0 Å². The highest BCUT2D eigenvalue weighted by atomic mass is 15.1.